The zero-order valence-corrected chi connectivity index (χ0v) is 24.1. The van der Waals surface area contributed by atoms with Crippen LogP contribution in [0.1, 0.15) is 99.3 Å². The van der Waals surface area contributed by atoms with Crippen molar-refractivity contribution in [3.63, 3.8) is 0 Å². The van der Waals surface area contributed by atoms with Gasteiger partial charge in [0.1, 0.15) is 0 Å². The van der Waals surface area contributed by atoms with Crippen LogP contribution in [0.3, 0.4) is 0 Å². The molecule has 5 nitrogen and oxygen atoms in total. The summed E-state index contributed by atoms with van der Waals surface area (Å²) in [6, 6.07) is 0. The molecule has 4 saturated carbocycles. The van der Waals surface area contributed by atoms with Gasteiger partial charge in [0, 0.05) is 13.0 Å². The highest BCUT2D eigenvalue weighted by atomic mass is 16.5. The number of nitrogens with zero attached hydrogens (tertiary/aromatic N) is 2. The lowest BCUT2D eigenvalue weighted by Crippen LogP contribution is -2.56. The number of aromatic nitrogens is 2. The minimum Gasteiger partial charge on any atom is -0.488 e. The third-order valence-corrected chi connectivity index (χ3v) is 10.7. The van der Waals surface area contributed by atoms with Gasteiger partial charge in [-0.15, -0.1) is 0 Å². The van der Waals surface area contributed by atoms with Crippen LogP contribution in [0.5, 0.6) is 5.75 Å². The molecule has 0 amide bonds. The smallest absolute Gasteiger partial charge is 0.157 e. The number of fused-ring (bicyclic) bond motifs is 5. The molecule has 1 heterocycles. The Kier molecular flexibility index (Phi) is 8.59. The van der Waals surface area contributed by atoms with E-state index in [0.717, 1.165) is 42.4 Å². The molecule has 8 atom stereocenters. The summed E-state index contributed by atoms with van der Waals surface area (Å²) in [7, 11) is 1.91. The van der Waals surface area contributed by atoms with Gasteiger partial charge in [0.15, 0.2) is 11.5 Å². The van der Waals surface area contributed by atoms with Crippen molar-refractivity contribution in [1.82, 2.24) is 9.78 Å². The number of rotatable bonds is 7. The highest BCUT2D eigenvalue weighted by molar-refractivity contribution is 5.82. The van der Waals surface area contributed by atoms with Crippen LogP contribution in [0.25, 0.3) is 0 Å². The van der Waals surface area contributed by atoms with Gasteiger partial charge in [-0.25, -0.2) is 0 Å². The van der Waals surface area contributed by atoms with Crippen LogP contribution >= 0.6 is 0 Å². The van der Waals surface area contributed by atoms with Gasteiger partial charge >= 0.3 is 0 Å². The van der Waals surface area contributed by atoms with Gasteiger partial charge in [-0.05, 0) is 106 Å². The van der Waals surface area contributed by atoms with Crippen molar-refractivity contribution < 1.29 is 14.3 Å². The first-order valence-corrected chi connectivity index (χ1v) is 15.0. The summed E-state index contributed by atoms with van der Waals surface area (Å²) in [4.78, 5) is 13.6. The number of ether oxygens (including phenoxy) is 2. The minimum atomic E-state index is 0.113. The van der Waals surface area contributed by atoms with E-state index in [2.05, 4.69) is 18.9 Å². The van der Waals surface area contributed by atoms with Crippen molar-refractivity contribution in [2.45, 2.75) is 112 Å². The van der Waals surface area contributed by atoms with Crippen LogP contribution in [0.2, 0.25) is 0 Å². The lowest BCUT2D eigenvalue weighted by Gasteiger charge is -2.61. The molecule has 0 N–H and O–H groups in total. The number of hydrogen-bond donors (Lipinski definition) is 0. The first-order valence-electron chi connectivity index (χ1n) is 15.0. The van der Waals surface area contributed by atoms with Crippen LogP contribution in [0, 0.1) is 46.3 Å². The average molecular weight is 501 g/mol. The Hall–Kier alpha value is -1.36. The molecule has 7 unspecified atom stereocenters. The molecule has 1 aromatic rings. The van der Waals surface area contributed by atoms with Crippen LogP contribution in [-0.4, -0.2) is 35.4 Å². The van der Waals surface area contributed by atoms with E-state index in [1.807, 2.05) is 41.0 Å². The largest absolute Gasteiger partial charge is 0.488 e. The van der Waals surface area contributed by atoms with Crippen molar-refractivity contribution in [2.24, 2.45) is 46.3 Å². The summed E-state index contributed by atoms with van der Waals surface area (Å²) >= 11 is 0. The monoisotopic (exact) mass is 500 g/mol. The number of carbonyl (C=O) groups is 1. The highest BCUT2D eigenvalue weighted by Gasteiger charge is 2.62. The van der Waals surface area contributed by atoms with Crippen molar-refractivity contribution in [3.05, 3.63) is 12.4 Å². The molecule has 5 rings (SSSR count). The Morgan fingerprint density at radius 1 is 1.11 bits per heavy atom. The van der Waals surface area contributed by atoms with Gasteiger partial charge in [-0.1, -0.05) is 34.1 Å². The van der Waals surface area contributed by atoms with Crippen molar-refractivity contribution >= 4 is 5.78 Å². The molecule has 0 bridgehead atoms. The standard InChI is InChI=1S/C29H46N2O3.C2H6/c1-19(2)34-22-15-30-31(16-22)17-27(32)26-9-8-24-23-7-6-21-14-20(3)10-13-29(21,18-33-5)25(23)11-12-28(24,26)4;1-2/h15-16,19-21,23-26H,6-14,17-18H2,1-5H3;1-2H3/t20?,21?,23?,24?,25?,26-,28?,29?;/m1./s1. The average Bonchev–Trinajstić information content (AvgIpc) is 3.43. The zero-order valence-electron chi connectivity index (χ0n) is 24.1. The molecule has 0 aromatic carbocycles. The quantitative estimate of drug-likeness (QED) is 0.398. The summed E-state index contributed by atoms with van der Waals surface area (Å²) in [6.45, 7) is 14.2. The van der Waals surface area contributed by atoms with Gasteiger partial charge in [0.25, 0.3) is 0 Å². The normalized spacial score (nSPS) is 39.4. The third-order valence-electron chi connectivity index (χ3n) is 10.7. The summed E-state index contributed by atoms with van der Waals surface area (Å²) < 4.78 is 13.5. The van der Waals surface area contributed by atoms with E-state index in [-0.39, 0.29) is 17.4 Å². The third kappa shape index (κ3) is 4.90. The predicted octanol–water partition coefficient (Wildman–Crippen LogP) is 7.19. The second kappa shape index (κ2) is 11.2. The molecule has 0 radical (unpaired) electrons. The number of ketones is 1. The van der Waals surface area contributed by atoms with E-state index in [4.69, 9.17) is 9.47 Å². The summed E-state index contributed by atoms with van der Waals surface area (Å²) in [5.41, 5.74) is 0.529. The number of methoxy groups -OCH3 is 1. The van der Waals surface area contributed by atoms with Gasteiger partial charge in [-0.3, -0.25) is 9.48 Å². The van der Waals surface area contributed by atoms with Crippen LogP contribution in [-0.2, 0) is 16.1 Å². The summed E-state index contributed by atoms with van der Waals surface area (Å²) in [6.07, 6.45) is 15.3. The topological polar surface area (TPSA) is 53.4 Å². The molecular formula is C31H52N2O3. The van der Waals surface area contributed by atoms with E-state index < -0.39 is 0 Å². The number of Topliss-reactive ketones (excluding diaryl/α,β-unsaturated/α-hetero) is 1. The Bertz CT molecular complexity index is 881. The molecule has 5 heteroatoms. The second-order valence-electron chi connectivity index (χ2n) is 12.9. The van der Waals surface area contributed by atoms with E-state index >= 15 is 0 Å². The highest BCUT2D eigenvalue weighted by Crippen LogP contribution is 2.68. The van der Waals surface area contributed by atoms with Gasteiger partial charge in [0.2, 0.25) is 0 Å². The van der Waals surface area contributed by atoms with Gasteiger partial charge in [0.05, 0.1) is 31.6 Å². The molecule has 0 saturated heterocycles. The van der Waals surface area contributed by atoms with Crippen molar-refractivity contribution in [1.29, 1.82) is 0 Å². The van der Waals surface area contributed by atoms with E-state index in [1.165, 1.54) is 51.4 Å². The molecule has 4 aliphatic rings. The fourth-order valence-electron chi connectivity index (χ4n) is 9.38. The maximum Gasteiger partial charge on any atom is 0.157 e. The number of carbonyl (C=O) groups excluding carboxylic acids is 1. The molecule has 4 aliphatic carbocycles. The molecule has 0 spiro atoms. The van der Waals surface area contributed by atoms with E-state index in [0.29, 0.717) is 23.7 Å². The lowest BCUT2D eigenvalue weighted by molar-refractivity contribution is -0.154. The molecule has 204 valence electrons. The Labute approximate surface area is 220 Å². The first-order chi connectivity index (χ1) is 17.3. The van der Waals surface area contributed by atoms with Gasteiger partial charge in [-0.2, -0.15) is 5.10 Å². The Morgan fingerprint density at radius 3 is 2.61 bits per heavy atom. The summed E-state index contributed by atoms with van der Waals surface area (Å²) in [5.74, 6) is 5.23. The van der Waals surface area contributed by atoms with Crippen molar-refractivity contribution in [2.75, 3.05) is 13.7 Å². The Balaban J connectivity index is 0.00000148. The molecule has 36 heavy (non-hydrogen) atoms. The Morgan fingerprint density at radius 2 is 1.89 bits per heavy atom. The van der Waals surface area contributed by atoms with Crippen LogP contribution < -0.4 is 4.74 Å². The molecular weight excluding hydrogens is 448 g/mol. The SMILES string of the molecule is CC.COCC12CCC(C)CC1CCC1C2CCC2(C)C1CC[C@@H]2C(=O)Cn1cc(OC(C)C)cn1. The summed E-state index contributed by atoms with van der Waals surface area (Å²) in [5, 5.41) is 4.41. The number of hydrogen-bond acceptors (Lipinski definition) is 4. The minimum absolute atomic E-state index is 0.113. The lowest BCUT2D eigenvalue weighted by atomic mass is 9.44. The van der Waals surface area contributed by atoms with E-state index in [9.17, 15) is 4.79 Å². The van der Waals surface area contributed by atoms with Gasteiger partial charge < -0.3 is 9.47 Å². The van der Waals surface area contributed by atoms with E-state index in [1.54, 1.807) is 10.9 Å². The fraction of sp³-hybridized carbons (Fsp3) is 0.871. The predicted molar refractivity (Wildman–Crippen MR) is 145 cm³/mol. The van der Waals surface area contributed by atoms with Crippen molar-refractivity contribution in [3.8, 4) is 5.75 Å². The maximum absolute atomic E-state index is 13.6. The first kappa shape index (κ1) is 27.7. The van der Waals surface area contributed by atoms with Crippen LogP contribution in [0.15, 0.2) is 12.4 Å². The molecule has 1 aromatic heterocycles. The fourth-order valence-corrected chi connectivity index (χ4v) is 9.38. The molecule has 4 fully saturated rings. The molecule has 0 aliphatic heterocycles. The second-order valence-corrected chi connectivity index (χ2v) is 12.9. The zero-order chi connectivity index (χ0) is 26.1. The maximum atomic E-state index is 13.6. The van der Waals surface area contributed by atoms with Crippen LogP contribution in [0.4, 0.5) is 0 Å².